The van der Waals surface area contributed by atoms with Crippen molar-refractivity contribution in [3.63, 3.8) is 0 Å². The van der Waals surface area contributed by atoms with Crippen LogP contribution in [-0.4, -0.2) is 21.4 Å². The zero-order chi connectivity index (χ0) is 14.9. The summed E-state index contributed by atoms with van der Waals surface area (Å²) in [6.45, 7) is 4.18. The molecule has 3 rings (SSSR count). The van der Waals surface area contributed by atoms with Crippen LogP contribution in [0.4, 0.5) is 0 Å². The van der Waals surface area contributed by atoms with Crippen LogP contribution in [-0.2, 0) is 5.41 Å². The molecule has 21 heavy (non-hydrogen) atoms. The Labute approximate surface area is 125 Å². The topological polar surface area (TPSA) is 59.2 Å². The SMILES string of the molecule is CC(C)(c1ccccc1)c1noc(C2CCCCC2O)n1. The first-order chi connectivity index (χ1) is 10.1. The number of aliphatic hydroxyl groups excluding tert-OH is 1. The zero-order valence-corrected chi connectivity index (χ0v) is 12.6. The molecule has 2 aromatic rings. The van der Waals surface area contributed by atoms with E-state index in [2.05, 4.69) is 36.1 Å². The number of benzene rings is 1. The second kappa shape index (κ2) is 5.60. The van der Waals surface area contributed by atoms with Crippen LogP contribution in [0.25, 0.3) is 0 Å². The number of rotatable bonds is 3. The molecule has 112 valence electrons. The van der Waals surface area contributed by atoms with Crippen LogP contribution in [0.15, 0.2) is 34.9 Å². The first-order valence-electron chi connectivity index (χ1n) is 7.66. The summed E-state index contributed by atoms with van der Waals surface area (Å²) in [6.07, 6.45) is 3.58. The quantitative estimate of drug-likeness (QED) is 0.939. The van der Waals surface area contributed by atoms with Crippen LogP contribution < -0.4 is 0 Å². The summed E-state index contributed by atoms with van der Waals surface area (Å²) in [5, 5.41) is 14.3. The minimum Gasteiger partial charge on any atom is -0.392 e. The molecular weight excluding hydrogens is 264 g/mol. The lowest BCUT2D eigenvalue weighted by Crippen LogP contribution is -2.24. The van der Waals surface area contributed by atoms with E-state index >= 15 is 0 Å². The number of nitrogens with zero attached hydrogens (tertiary/aromatic N) is 2. The minimum atomic E-state index is -0.355. The molecule has 1 aromatic carbocycles. The maximum absolute atomic E-state index is 10.1. The molecule has 1 aliphatic carbocycles. The van der Waals surface area contributed by atoms with Crippen molar-refractivity contribution in [2.45, 2.75) is 57.0 Å². The standard InChI is InChI=1S/C17H22N2O2/c1-17(2,12-8-4-3-5-9-12)16-18-15(21-19-16)13-10-6-7-11-14(13)20/h3-5,8-9,13-14,20H,6-7,10-11H2,1-2H3. The number of aliphatic hydroxyl groups is 1. The fourth-order valence-electron chi connectivity index (χ4n) is 3.02. The highest BCUT2D eigenvalue weighted by atomic mass is 16.5. The Bertz CT molecular complexity index is 592. The van der Waals surface area contributed by atoms with Gasteiger partial charge in [-0.1, -0.05) is 48.3 Å². The molecule has 1 N–H and O–H groups in total. The van der Waals surface area contributed by atoms with Crippen LogP contribution in [0.5, 0.6) is 0 Å². The van der Waals surface area contributed by atoms with Crippen molar-refractivity contribution in [1.29, 1.82) is 0 Å². The zero-order valence-electron chi connectivity index (χ0n) is 12.6. The Kier molecular flexibility index (Phi) is 3.81. The van der Waals surface area contributed by atoms with E-state index in [1.54, 1.807) is 0 Å². The van der Waals surface area contributed by atoms with Crippen molar-refractivity contribution in [2.24, 2.45) is 0 Å². The summed E-state index contributed by atoms with van der Waals surface area (Å²) in [6, 6.07) is 10.2. The predicted molar refractivity (Wildman–Crippen MR) is 80.1 cm³/mol. The lowest BCUT2D eigenvalue weighted by molar-refractivity contribution is 0.0908. The van der Waals surface area contributed by atoms with E-state index in [-0.39, 0.29) is 17.4 Å². The Balaban J connectivity index is 1.87. The summed E-state index contributed by atoms with van der Waals surface area (Å²) < 4.78 is 5.46. The first-order valence-corrected chi connectivity index (χ1v) is 7.66. The Hall–Kier alpha value is -1.68. The molecule has 2 unspecified atom stereocenters. The molecule has 4 nitrogen and oxygen atoms in total. The largest absolute Gasteiger partial charge is 0.392 e. The first kappa shape index (κ1) is 14.3. The van der Waals surface area contributed by atoms with E-state index in [1.165, 1.54) is 0 Å². The van der Waals surface area contributed by atoms with Gasteiger partial charge in [-0.3, -0.25) is 0 Å². The maximum Gasteiger partial charge on any atom is 0.232 e. The molecule has 0 saturated heterocycles. The van der Waals surface area contributed by atoms with E-state index in [4.69, 9.17) is 4.52 Å². The highest BCUT2D eigenvalue weighted by Gasteiger charge is 2.33. The summed E-state index contributed by atoms with van der Waals surface area (Å²) in [7, 11) is 0. The van der Waals surface area contributed by atoms with E-state index in [0.29, 0.717) is 11.7 Å². The highest BCUT2D eigenvalue weighted by molar-refractivity contribution is 5.30. The van der Waals surface area contributed by atoms with Crippen LogP contribution >= 0.6 is 0 Å². The van der Waals surface area contributed by atoms with Gasteiger partial charge in [0.2, 0.25) is 5.89 Å². The average molecular weight is 286 g/mol. The van der Waals surface area contributed by atoms with Gasteiger partial charge in [-0.05, 0) is 32.3 Å². The van der Waals surface area contributed by atoms with Crippen LogP contribution in [0.2, 0.25) is 0 Å². The molecule has 1 aliphatic rings. The lowest BCUT2D eigenvalue weighted by Gasteiger charge is -2.24. The Morgan fingerprint density at radius 2 is 1.86 bits per heavy atom. The van der Waals surface area contributed by atoms with Crippen molar-refractivity contribution in [3.8, 4) is 0 Å². The van der Waals surface area contributed by atoms with Crippen LogP contribution in [0, 0.1) is 0 Å². The van der Waals surface area contributed by atoms with Gasteiger partial charge in [0, 0.05) is 0 Å². The fraction of sp³-hybridized carbons (Fsp3) is 0.529. The molecule has 0 amide bonds. The van der Waals surface area contributed by atoms with Crippen LogP contribution in [0.3, 0.4) is 0 Å². The molecule has 1 saturated carbocycles. The van der Waals surface area contributed by atoms with Gasteiger partial charge in [0.15, 0.2) is 5.82 Å². The van der Waals surface area contributed by atoms with E-state index in [9.17, 15) is 5.11 Å². The Morgan fingerprint density at radius 3 is 2.57 bits per heavy atom. The van der Waals surface area contributed by atoms with Gasteiger partial charge in [0.05, 0.1) is 17.4 Å². The molecule has 0 radical (unpaired) electrons. The minimum absolute atomic E-state index is 0.00780. The number of hydrogen-bond acceptors (Lipinski definition) is 4. The van der Waals surface area contributed by atoms with Gasteiger partial charge < -0.3 is 9.63 Å². The monoisotopic (exact) mass is 286 g/mol. The predicted octanol–water partition coefficient (Wildman–Crippen LogP) is 3.41. The number of aromatic nitrogens is 2. The number of hydrogen-bond donors (Lipinski definition) is 1. The third kappa shape index (κ3) is 2.72. The molecule has 0 aliphatic heterocycles. The summed E-state index contributed by atoms with van der Waals surface area (Å²) in [5.41, 5.74) is 0.851. The van der Waals surface area contributed by atoms with Crippen molar-refractivity contribution in [1.82, 2.24) is 10.1 Å². The van der Waals surface area contributed by atoms with Crippen molar-refractivity contribution in [2.75, 3.05) is 0 Å². The van der Waals surface area contributed by atoms with Crippen LogP contribution in [0.1, 0.15) is 62.7 Å². The molecule has 4 heteroatoms. The Morgan fingerprint density at radius 1 is 1.14 bits per heavy atom. The lowest BCUT2D eigenvalue weighted by atomic mass is 9.83. The molecular formula is C17H22N2O2. The van der Waals surface area contributed by atoms with E-state index in [0.717, 1.165) is 31.2 Å². The third-order valence-corrected chi connectivity index (χ3v) is 4.54. The van der Waals surface area contributed by atoms with Crippen molar-refractivity contribution < 1.29 is 9.63 Å². The average Bonchev–Trinajstić information content (AvgIpc) is 2.99. The van der Waals surface area contributed by atoms with Gasteiger partial charge in [0.25, 0.3) is 0 Å². The maximum atomic E-state index is 10.1. The van der Waals surface area contributed by atoms with Gasteiger partial charge in [0.1, 0.15) is 0 Å². The fourth-order valence-corrected chi connectivity index (χ4v) is 3.02. The highest BCUT2D eigenvalue weighted by Crippen LogP contribution is 2.34. The second-order valence-electron chi connectivity index (χ2n) is 6.41. The smallest absolute Gasteiger partial charge is 0.232 e. The van der Waals surface area contributed by atoms with Crippen molar-refractivity contribution >= 4 is 0 Å². The van der Waals surface area contributed by atoms with Gasteiger partial charge in [-0.15, -0.1) is 0 Å². The van der Waals surface area contributed by atoms with Gasteiger partial charge in [-0.2, -0.15) is 4.98 Å². The normalized spacial score (nSPS) is 23.2. The van der Waals surface area contributed by atoms with Gasteiger partial charge in [-0.25, -0.2) is 0 Å². The molecule has 1 aromatic heterocycles. The molecule has 1 fully saturated rings. The molecule has 0 bridgehead atoms. The third-order valence-electron chi connectivity index (χ3n) is 4.54. The van der Waals surface area contributed by atoms with E-state index in [1.807, 2.05) is 18.2 Å². The molecule has 1 heterocycles. The van der Waals surface area contributed by atoms with E-state index < -0.39 is 0 Å². The second-order valence-corrected chi connectivity index (χ2v) is 6.41. The van der Waals surface area contributed by atoms with Gasteiger partial charge >= 0.3 is 0 Å². The summed E-state index contributed by atoms with van der Waals surface area (Å²) in [4.78, 5) is 4.59. The van der Waals surface area contributed by atoms with Crippen molar-refractivity contribution in [3.05, 3.63) is 47.6 Å². The summed E-state index contributed by atoms with van der Waals surface area (Å²) >= 11 is 0. The summed E-state index contributed by atoms with van der Waals surface area (Å²) in [5.74, 6) is 1.26. The molecule has 0 spiro atoms. The molecule has 2 atom stereocenters.